The molecule has 22 heavy (non-hydrogen) atoms. The van der Waals surface area contributed by atoms with Gasteiger partial charge in [-0.1, -0.05) is 6.92 Å². The maximum absolute atomic E-state index is 12.0. The highest BCUT2D eigenvalue weighted by molar-refractivity contribution is 14.0. The van der Waals surface area contributed by atoms with Crippen molar-refractivity contribution >= 4 is 29.9 Å². The minimum absolute atomic E-state index is 0. The maximum atomic E-state index is 12.0. The number of guanidine groups is 1. The molecular weight excluding hydrogens is 408 g/mol. The van der Waals surface area contributed by atoms with E-state index >= 15 is 0 Å². The molecule has 1 aliphatic rings. The van der Waals surface area contributed by atoms with Crippen LogP contribution in [0.2, 0.25) is 0 Å². The molecule has 0 bridgehead atoms. The first kappa shape index (κ1) is 21.8. The average molecular weight is 436 g/mol. The molecule has 0 aromatic carbocycles. The van der Waals surface area contributed by atoms with Gasteiger partial charge >= 0.3 is 6.18 Å². The number of hydrogen-bond donors (Lipinski definition) is 2. The molecule has 0 amide bonds. The number of halogens is 4. The van der Waals surface area contributed by atoms with E-state index in [1.165, 1.54) is 12.8 Å². The lowest BCUT2D eigenvalue weighted by Crippen LogP contribution is -2.45. The molecule has 132 valence electrons. The zero-order valence-corrected chi connectivity index (χ0v) is 15.7. The lowest BCUT2D eigenvalue weighted by Gasteiger charge is -2.24. The standard InChI is InChI=1S/C14H27F3N4.HI/c1-3-21-10-6-7-12(21)11-20-13(18-2)19-9-5-4-8-14(15,16)17;/h12H,3-11H2,1-2H3,(H2,18,19,20);1H. The zero-order valence-electron chi connectivity index (χ0n) is 13.4. The van der Waals surface area contributed by atoms with Gasteiger partial charge < -0.3 is 10.6 Å². The molecule has 8 heteroatoms. The fourth-order valence-corrected chi connectivity index (χ4v) is 2.63. The van der Waals surface area contributed by atoms with Crippen LogP contribution in [0.4, 0.5) is 13.2 Å². The molecule has 1 aliphatic heterocycles. The Bertz CT molecular complexity index is 324. The summed E-state index contributed by atoms with van der Waals surface area (Å²) in [4.78, 5) is 6.53. The molecule has 1 atom stereocenters. The number of alkyl halides is 3. The van der Waals surface area contributed by atoms with Crippen LogP contribution in [0.15, 0.2) is 4.99 Å². The number of nitrogens with one attached hydrogen (secondary N) is 2. The van der Waals surface area contributed by atoms with Crippen LogP contribution in [0, 0.1) is 0 Å². The number of likely N-dealkylation sites (N-methyl/N-ethyl adjacent to an activating group) is 1. The summed E-state index contributed by atoms with van der Waals surface area (Å²) in [5.41, 5.74) is 0. The summed E-state index contributed by atoms with van der Waals surface area (Å²) in [5.74, 6) is 0.671. The zero-order chi connectivity index (χ0) is 15.7. The highest BCUT2D eigenvalue weighted by atomic mass is 127. The van der Waals surface area contributed by atoms with Crippen molar-refractivity contribution in [2.75, 3.05) is 33.2 Å². The third-order valence-corrected chi connectivity index (χ3v) is 3.81. The van der Waals surface area contributed by atoms with Crippen molar-refractivity contribution in [1.82, 2.24) is 15.5 Å². The van der Waals surface area contributed by atoms with E-state index in [2.05, 4.69) is 27.4 Å². The van der Waals surface area contributed by atoms with Gasteiger partial charge in [0.15, 0.2) is 5.96 Å². The van der Waals surface area contributed by atoms with Gasteiger partial charge in [-0.2, -0.15) is 13.2 Å². The molecule has 1 unspecified atom stereocenters. The number of unbranched alkanes of at least 4 members (excludes halogenated alkanes) is 1. The van der Waals surface area contributed by atoms with E-state index in [9.17, 15) is 13.2 Å². The Hall–Kier alpha value is -0.250. The van der Waals surface area contributed by atoms with Gasteiger partial charge in [0.25, 0.3) is 0 Å². The van der Waals surface area contributed by atoms with Crippen molar-refractivity contribution in [2.45, 2.75) is 51.2 Å². The highest BCUT2D eigenvalue weighted by Crippen LogP contribution is 2.21. The molecule has 0 saturated carbocycles. The summed E-state index contributed by atoms with van der Waals surface area (Å²) in [6.45, 7) is 5.70. The number of rotatable bonds is 7. The highest BCUT2D eigenvalue weighted by Gasteiger charge is 2.26. The molecule has 4 nitrogen and oxygen atoms in total. The van der Waals surface area contributed by atoms with Crippen molar-refractivity contribution in [3.63, 3.8) is 0 Å². The first-order valence-electron chi connectivity index (χ1n) is 7.71. The largest absolute Gasteiger partial charge is 0.389 e. The molecule has 0 radical (unpaired) electrons. The van der Waals surface area contributed by atoms with Crippen LogP contribution in [0.5, 0.6) is 0 Å². The Morgan fingerprint density at radius 2 is 2.00 bits per heavy atom. The Balaban J connectivity index is 0.00000441. The van der Waals surface area contributed by atoms with E-state index in [-0.39, 0.29) is 30.4 Å². The molecular formula is C14H28F3IN4. The van der Waals surface area contributed by atoms with E-state index in [0.717, 1.165) is 19.6 Å². The molecule has 0 aromatic rings. The Morgan fingerprint density at radius 3 is 2.59 bits per heavy atom. The third-order valence-electron chi connectivity index (χ3n) is 3.81. The van der Waals surface area contributed by atoms with E-state index in [1.807, 2.05) is 0 Å². The fourth-order valence-electron chi connectivity index (χ4n) is 2.63. The van der Waals surface area contributed by atoms with Gasteiger partial charge in [-0.05, 0) is 38.8 Å². The Labute approximate surface area is 148 Å². The van der Waals surface area contributed by atoms with Crippen molar-refractivity contribution in [3.05, 3.63) is 0 Å². The van der Waals surface area contributed by atoms with Crippen LogP contribution in [0.1, 0.15) is 39.0 Å². The molecule has 1 heterocycles. The first-order chi connectivity index (χ1) is 9.96. The summed E-state index contributed by atoms with van der Waals surface area (Å²) in [7, 11) is 1.68. The predicted octanol–water partition coefficient (Wildman–Crippen LogP) is 2.99. The van der Waals surface area contributed by atoms with Crippen LogP contribution in [0.3, 0.4) is 0 Å². The first-order valence-corrected chi connectivity index (χ1v) is 7.71. The molecule has 1 saturated heterocycles. The van der Waals surface area contributed by atoms with Crippen LogP contribution in [0.25, 0.3) is 0 Å². The van der Waals surface area contributed by atoms with Crippen molar-refractivity contribution in [1.29, 1.82) is 0 Å². The Morgan fingerprint density at radius 1 is 1.27 bits per heavy atom. The molecule has 0 spiro atoms. The minimum Gasteiger partial charge on any atom is -0.356 e. The van der Waals surface area contributed by atoms with Crippen LogP contribution in [-0.2, 0) is 0 Å². The van der Waals surface area contributed by atoms with Gasteiger partial charge in [0.1, 0.15) is 0 Å². The normalized spacial score (nSPS) is 19.9. The summed E-state index contributed by atoms with van der Waals surface area (Å²) in [6, 6.07) is 0.527. The average Bonchev–Trinajstić information content (AvgIpc) is 2.88. The van der Waals surface area contributed by atoms with E-state index in [4.69, 9.17) is 0 Å². The number of hydrogen-bond acceptors (Lipinski definition) is 2. The SMILES string of the molecule is CCN1CCCC1CNC(=NC)NCCCCC(F)(F)F.I. The van der Waals surface area contributed by atoms with E-state index in [0.29, 0.717) is 25.0 Å². The van der Waals surface area contributed by atoms with E-state index < -0.39 is 12.6 Å². The molecule has 1 fully saturated rings. The van der Waals surface area contributed by atoms with Crippen molar-refractivity contribution in [2.24, 2.45) is 4.99 Å². The van der Waals surface area contributed by atoms with Gasteiger partial charge in [0, 0.05) is 32.6 Å². The molecule has 1 rings (SSSR count). The number of likely N-dealkylation sites (tertiary alicyclic amines) is 1. The smallest absolute Gasteiger partial charge is 0.356 e. The second-order valence-corrected chi connectivity index (χ2v) is 5.38. The van der Waals surface area contributed by atoms with Gasteiger partial charge in [0.05, 0.1) is 0 Å². The summed E-state index contributed by atoms with van der Waals surface area (Å²) >= 11 is 0. The lowest BCUT2D eigenvalue weighted by molar-refractivity contribution is -0.135. The van der Waals surface area contributed by atoms with Gasteiger partial charge in [-0.3, -0.25) is 9.89 Å². The minimum atomic E-state index is -4.05. The predicted molar refractivity (Wildman–Crippen MR) is 95.0 cm³/mol. The summed E-state index contributed by atoms with van der Waals surface area (Å²) in [5, 5.41) is 6.32. The van der Waals surface area contributed by atoms with Gasteiger partial charge in [-0.25, -0.2) is 0 Å². The van der Waals surface area contributed by atoms with Gasteiger partial charge in [0.2, 0.25) is 0 Å². The van der Waals surface area contributed by atoms with Crippen molar-refractivity contribution in [3.8, 4) is 0 Å². The van der Waals surface area contributed by atoms with E-state index in [1.54, 1.807) is 7.05 Å². The van der Waals surface area contributed by atoms with Crippen LogP contribution >= 0.6 is 24.0 Å². The van der Waals surface area contributed by atoms with Crippen LogP contribution in [-0.4, -0.2) is 56.3 Å². The molecule has 0 aliphatic carbocycles. The number of nitrogens with zero attached hydrogens (tertiary/aromatic N) is 2. The van der Waals surface area contributed by atoms with Gasteiger partial charge in [-0.15, -0.1) is 24.0 Å². The molecule has 2 N–H and O–H groups in total. The monoisotopic (exact) mass is 436 g/mol. The van der Waals surface area contributed by atoms with Crippen molar-refractivity contribution < 1.29 is 13.2 Å². The van der Waals surface area contributed by atoms with Crippen LogP contribution < -0.4 is 10.6 Å². The quantitative estimate of drug-likeness (QED) is 0.279. The Kier molecular flexibility index (Phi) is 11.2. The third kappa shape index (κ3) is 9.02. The second kappa shape index (κ2) is 11.3. The maximum Gasteiger partial charge on any atom is 0.389 e. The second-order valence-electron chi connectivity index (χ2n) is 5.38. The summed E-state index contributed by atoms with van der Waals surface area (Å²) < 4.78 is 36.0. The topological polar surface area (TPSA) is 39.7 Å². The molecule has 0 aromatic heterocycles. The number of aliphatic imine (C=N–C) groups is 1. The fraction of sp³-hybridized carbons (Fsp3) is 0.929. The lowest BCUT2D eigenvalue weighted by atomic mass is 10.2. The summed E-state index contributed by atoms with van der Waals surface area (Å²) in [6.07, 6.45) is -1.71.